The average molecular weight is 292 g/mol. The highest BCUT2D eigenvalue weighted by Crippen LogP contribution is 2.32. The van der Waals surface area contributed by atoms with Gasteiger partial charge < -0.3 is 14.4 Å². The molecule has 0 fully saturated rings. The van der Waals surface area contributed by atoms with Crippen LogP contribution >= 0.6 is 0 Å². The molecule has 1 N–H and O–H groups in total. The number of aliphatic hydroxyl groups is 1. The summed E-state index contributed by atoms with van der Waals surface area (Å²) in [5.41, 5.74) is 1.03. The Bertz CT molecular complexity index is 624. The zero-order valence-electron chi connectivity index (χ0n) is 11.6. The quantitative estimate of drug-likeness (QED) is 0.478. The third-order valence-electron chi connectivity index (χ3n) is 3.06. The third kappa shape index (κ3) is 3.57. The number of aryl methyl sites for hydroxylation is 1. The summed E-state index contributed by atoms with van der Waals surface area (Å²) >= 11 is 0. The predicted molar refractivity (Wildman–Crippen MR) is 75.2 cm³/mol. The van der Waals surface area contributed by atoms with Crippen LogP contribution in [-0.2, 0) is 6.42 Å². The number of benzene rings is 1. The molecule has 0 amide bonds. The summed E-state index contributed by atoms with van der Waals surface area (Å²) in [6, 6.07) is 6.39. The molecule has 0 aliphatic rings. The molecule has 7 heteroatoms. The Morgan fingerprint density at radius 1 is 1.38 bits per heavy atom. The van der Waals surface area contributed by atoms with Crippen molar-refractivity contribution in [3.8, 4) is 17.0 Å². The van der Waals surface area contributed by atoms with Gasteiger partial charge in [0.15, 0.2) is 5.75 Å². The standard InChI is InChI=1S/C14H16N2O5/c1-20-14-6-5-10(8-13(14)16(18)19)12-9-11(21-15-12)4-2-3-7-17/h5-6,8-9,17H,2-4,7H2,1H3. The van der Waals surface area contributed by atoms with Gasteiger partial charge in [0.1, 0.15) is 11.5 Å². The molecule has 0 unspecified atom stereocenters. The van der Waals surface area contributed by atoms with Crippen LogP contribution < -0.4 is 4.74 Å². The summed E-state index contributed by atoms with van der Waals surface area (Å²) < 4.78 is 10.1. The lowest BCUT2D eigenvalue weighted by Crippen LogP contribution is -1.94. The van der Waals surface area contributed by atoms with Crippen molar-refractivity contribution < 1.29 is 19.3 Å². The van der Waals surface area contributed by atoms with Crippen LogP contribution in [0.5, 0.6) is 5.75 Å². The third-order valence-corrected chi connectivity index (χ3v) is 3.06. The Morgan fingerprint density at radius 3 is 2.86 bits per heavy atom. The number of methoxy groups -OCH3 is 1. The van der Waals surface area contributed by atoms with Crippen LogP contribution in [-0.4, -0.2) is 28.9 Å². The number of aliphatic hydroxyl groups excluding tert-OH is 1. The van der Waals surface area contributed by atoms with Crippen LogP contribution in [0.25, 0.3) is 11.3 Å². The molecule has 1 heterocycles. The summed E-state index contributed by atoms with van der Waals surface area (Å²) in [5, 5.41) is 23.7. The van der Waals surface area contributed by atoms with Crippen LogP contribution in [0.4, 0.5) is 5.69 Å². The van der Waals surface area contributed by atoms with Crippen LogP contribution in [0, 0.1) is 10.1 Å². The first-order valence-electron chi connectivity index (χ1n) is 6.55. The minimum absolute atomic E-state index is 0.111. The van der Waals surface area contributed by atoms with E-state index >= 15 is 0 Å². The van der Waals surface area contributed by atoms with Crippen LogP contribution in [0.3, 0.4) is 0 Å². The van der Waals surface area contributed by atoms with E-state index in [9.17, 15) is 10.1 Å². The summed E-state index contributed by atoms with van der Waals surface area (Å²) in [6.07, 6.45) is 2.17. The largest absolute Gasteiger partial charge is 0.490 e. The fourth-order valence-corrected chi connectivity index (χ4v) is 1.97. The molecule has 0 saturated carbocycles. The van der Waals surface area contributed by atoms with Gasteiger partial charge in [-0.05, 0) is 25.0 Å². The van der Waals surface area contributed by atoms with Crippen molar-refractivity contribution in [1.82, 2.24) is 5.16 Å². The summed E-state index contributed by atoms with van der Waals surface area (Å²) in [6.45, 7) is 0.145. The van der Waals surface area contributed by atoms with Gasteiger partial charge >= 0.3 is 5.69 Å². The van der Waals surface area contributed by atoms with Crippen molar-refractivity contribution in [2.75, 3.05) is 13.7 Å². The minimum atomic E-state index is -0.495. The Morgan fingerprint density at radius 2 is 2.19 bits per heavy atom. The smallest absolute Gasteiger partial charge is 0.311 e. The molecule has 1 aromatic heterocycles. The van der Waals surface area contributed by atoms with Gasteiger partial charge in [0.2, 0.25) is 0 Å². The van der Waals surface area contributed by atoms with Crippen molar-refractivity contribution in [2.45, 2.75) is 19.3 Å². The van der Waals surface area contributed by atoms with Gasteiger partial charge in [-0.2, -0.15) is 0 Å². The molecule has 0 saturated heterocycles. The number of nitrogens with zero attached hydrogens (tertiary/aromatic N) is 2. The lowest BCUT2D eigenvalue weighted by molar-refractivity contribution is -0.385. The highest BCUT2D eigenvalue weighted by atomic mass is 16.6. The monoisotopic (exact) mass is 292 g/mol. The van der Waals surface area contributed by atoms with Gasteiger partial charge in [-0.25, -0.2) is 0 Å². The first-order chi connectivity index (χ1) is 10.2. The van der Waals surface area contributed by atoms with E-state index in [0.29, 0.717) is 29.9 Å². The Hall–Kier alpha value is -2.41. The zero-order chi connectivity index (χ0) is 15.2. The van der Waals surface area contributed by atoms with E-state index < -0.39 is 4.92 Å². The number of hydrogen-bond acceptors (Lipinski definition) is 6. The van der Waals surface area contributed by atoms with Crippen molar-refractivity contribution in [3.63, 3.8) is 0 Å². The number of ether oxygens (including phenoxy) is 1. The van der Waals surface area contributed by atoms with Crippen LogP contribution in [0.15, 0.2) is 28.8 Å². The van der Waals surface area contributed by atoms with E-state index in [2.05, 4.69) is 5.16 Å². The van der Waals surface area contributed by atoms with Gasteiger partial charge in [0, 0.05) is 30.7 Å². The molecule has 0 bridgehead atoms. The molecule has 0 atom stereocenters. The first-order valence-corrected chi connectivity index (χ1v) is 6.55. The van der Waals surface area contributed by atoms with Crippen LogP contribution in [0.1, 0.15) is 18.6 Å². The molecule has 1 aromatic carbocycles. The van der Waals surface area contributed by atoms with Gasteiger partial charge in [-0.15, -0.1) is 0 Å². The van der Waals surface area contributed by atoms with E-state index in [4.69, 9.17) is 14.4 Å². The maximum absolute atomic E-state index is 11.0. The van der Waals surface area contributed by atoms with Gasteiger partial charge in [-0.3, -0.25) is 10.1 Å². The molecular formula is C14H16N2O5. The number of nitro groups is 1. The van der Waals surface area contributed by atoms with Gasteiger partial charge in [-0.1, -0.05) is 5.16 Å². The number of aromatic nitrogens is 1. The molecule has 21 heavy (non-hydrogen) atoms. The van der Waals surface area contributed by atoms with E-state index in [1.165, 1.54) is 19.2 Å². The van der Waals surface area contributed by atoms with E-state index in [0.717, 1.165) is 6.42 Å². The van der Waals surface area contributed by atoms with E-state index in [1.54, 1.807) is 12.1 Å². The molecular weight excluding hydrogens is 276 g/mol. The second-order valence-electron chi connectivity index (χ2n) is 4.50. The Labute approximate surface area is 121 Å². The summed E-state index contributed by atoms with van der Waals surface area (Å²) in [7, 11) is 1.39. The van der Waals surface area contributed by atoms with Crippen molar-refractivity contribution >= 4 is 5.69 Å². The number of nitro benzene ring substituents is 1. The number of unbranched alkanes of at least 4 members (excludes halogenated alkanes) is 1. The lowest BCUT2D eigenvalue weighted by atomic mass is 10.1. The first kappa shape index (κ1) is 15.0. The normalized spacial score (nSPS) is 10.6. The van der Waals surface area contributed by atoms with Crippen molar-refractivity contribution in [1.29, 1.82) is 0 Å². The topological polar surface area (TPSA) is 98.6 Å². The Balaban J connectivity index is 2.22. The fourth-order valence-electron chi connectivity index (χ4n) is 1.97. The molecule has 0 spiro atoms. The van der Waals surface area contributed by atoms with Crippen molar-refractivity contribution in [2.24, 2.45) is 0 Å². The molecule has 0 aliphatic carbocycles. The molecule has 7 nitrogen and oxygen atoms in total. The lowest BCUT2D eigenvalue weighted by Gasteiger charge is -2.02. The second kappa shape index (κ2) is 6.85. The van der Waals surface area contributed by atoms with E-state index in [1.807, 2.05) is 0 Å². The highest BCUT2D eigenvalue weighted by molar-refractivity contribution is 5.65. The predicted octanol–water partition coefficient (Wildman–Crippen LogP) is 2.57. The Kier molecular flexibility index (Phi) is 4.89. The fraction of sp³-hybridized carbons (Fsp3) is 0.357. The molecule has 0 aliphatic heterocycles. The summed E-state index contributed by atoms with van der Waals surface area (Å²) in [5.74, 6) is 0.896. The number of hydrogen-bond donors (Lipinski definition) is 1. The highest BCUT2D eigenvalue weighted by Gasteiger charge is 2.17. The second-order valence-corrected chi connectivity index (χ2v) is 4.50. The summed E-state index contributed by atoms with van der Waals surface area (Å²) in [4.78, 5) is 10.5. The maximum atomic E-state index is 11.0. The number of rotatable bonds is 7. The maximum Gasteiger partial charge on any atom is 0.311 e. The minimum Gasteiger partial charge on any atom is -0.490 e. The van der Waals surface area contributed by atoms with Crippen LogP contribution in [0.2, 0.25) is 0 Å². The molecule has 2 rings (SSSR count). The average Bonchev–Trinajstić information content (AvgIpc) is 2.95. The SMILES string of the molecule is COc1ccc(-c2cc(CCCCO)on2)cc1[N+](=O)[O-]. The van der Waals surface area contributed by atoms with Gasteiger partial charge in [0.25, 0.3) is 0 Å². The van der Waals surface area contributed by atoms with Gasteiger partial charge in [0.05, 0.1) is 12.0 Å². The zero-order valence-corrected chi connectivity index (χ0v) is 11.6. The molecule has 2 aromatic rings. The molecule has 0 radical (unpaired) electrons. The van der Waals surface area contributed by atoms with E-state index in [-0.39, 0.29) is 18.0 Å². The molecule has 112 valence electrons. The van der Waals surface area contributed by atoms with Crippen molar-refractivity contribution in [3.05, 3.63) is 40.1 Å².